The maximum Gasteiger partial charge on any atom is 0.354 e. The summed E-state index contributed by atoms with van der Waals surface area (Å²) in [4.78, 5) is 36.4. The lowest BCUT2D eigenvalue weighted by atomic mass is 10.4. The first-order valence-electron chi connectivity index (χ1n) is 6.84. The average molecular weight is 393 g/mol. The van der Waals surface area contributed by atoms with Crippen molar-refractivity contribution < 1.29 is 29.0 Å². The van der Waals surface area contributed by atoms with Gasteiger partial charge >= 0.3 is 11.9 Å². The molecule has 3 aromatic heterocycles. The minimum Gasteiger partial charge on any atom is -0.544 e. The summed E-state index contributed by atoms with van der Waals surface area (Å²) < 4.78 is 10.3. The molecule has 0 aliphatic carbocycles. The molecule has 0 aliphatic heterocycles. The van der Waals surface area contributed by atoms with E-state index >= 15 is 0 Å². The Morgan fingerprint density at radius 2 is 1.24 bits per heavy atom. The second kappa shape index (κ2) is 7.18. The summed E-state index contributed by atoms with van der Waals surface area (Å²) in [7, 11) is 0. The van der Waals surface area contributed by atoms with E-state index in [2.05, 4.69) is 0 Å². The van der Waals surface area contributed by atoms with E-state index in [1.807, 2.05) is 13.0 Å². The topological polar surface area (TPSA) is 92.7 Å². The van der Waals surface area contributed by atoms with E-state index in [0.29, 0.717) is 4.88 Å². The van der Waals surface area contributed by atoms with Crippen LogP contribution in [0.4, 0.5) is 0 Å². The zero-order valence-electron chi connectivity index (χ0n) is 12.6. The lowest BCUT2D eigenvalue weighted by Crippen LogP contribution is -2.20. The fraction of sp³-hybridized carbons (Fsp3) is 0.0625. The predicted molar refractivity (Wildman–Crippen MR) is 91.9 cm³/mol. The summed E-state index contributed by atoms with van der Waals surface area (Å²) in [5.41, 5.74) is 0. The highest BCUT2D eigenvalue weighted by Crippen LogP contribution is 2.29. The first-order valence-corrected chi connectivity index (χ1v) is 9.29. The average Bonchev–Trinajstić information content (AvgIpc) is 3.27. The fourth-order valence-corrected chi connectivity index (χ4v) is 3.96. The smallest absolute Gasteiger partial charge is 0.354 e. The van der Waals surface area contributed by atoms with Crippen molar-refractivity contribution in [3.8, 4) is 10.1 Å². The summed E-state index contributed by atoms with van der Waals surface area (Å²) >= 11 is 3.08. The van der Waals surface area contributed by atoms with Gasteiger partial charge in [0.25, 0.3) is 0 Å². The Balaban J connectivity index is 1.64. The molecule has 0 saturated heterocycles. The molecule has 0 atom stereocenters. The largest absolute Gasteiger partial charge is 0.544 e. The van der Waals surface area contributed by atoms with E-state index in [1.54, 1.807) is 6.07 Å². The van der Waals surface area contributed by atoms with Gasteiger partial charge in [-0.2, -0.15) is 0 Å². The molecule has 6 nitrogen and oxygen atoms in total. The first kappa shape index (κ1) is 17.3. The molecule has 0 aromatic carbocycles. The predicted octanol–water partition coefficient (Wildman–Crippen LogP) is 2.98. The number of thiophene rings is 3. The van der Waals surface area contributed by atoms with Crippen molar-refractivity contribution in [2.75, 3.05) is 0 Å². The minimum atomic E-state index is -1.33. The first-order chi connectivity index (χ1) is 11.9. The van der Waals surface area contributed by atoms with Gasteiger partial charge in [-0.05, 0) is 43.3 Å². The molecule has 0 aliphatic rings. The third-order valence-electron chi connectivity index (χ3n) is 2.89. The monoisotopic (exact) mass is 393 g/mol. The number of carbonyl (C=O) groups is 3. The molecule has 0 unspecified atom stereocenters. The molecule has 0 bridgehead atoms. The van der Waals surface area contributed by atoms with Crippen LogP contribution in [0.5, 0.6) is 10.1 Å². The summed E-state index contributed by atoms with van der Waals surface area (Å²) in [6.07, 6.45) is 0. The van der Waals surface area contributed by atoms with Crippen LogP contribution in [0.1, 0.15) is 33.9 Å². The molecule has 0 amide bonds. The van der Waals surface area contributed by atoms with Crippen molar-refractivity contribution >= 4 is 51.9 Å². The lowest BCUT2D eigenvalue weighted by molar-refractivity contribution is -0.254. The van der Waals surface area contributed by atoms with Gasteiger partial charge in [-0.3, -0.25) is 0 Å². The van der Waals surface area contributed by atoms with Crippen LogP contribution >= 0.6 is 34.0 Å². The van der Waals surface area contributed by atoms with Gasteiger partial charge in [-0.15, -0.1) is 11.3 Å². The number of carboxylic acids is 1. The van der Waals surface area contributed by atoms with Gasteiger partial charge in [0.05, 0.1) is 10.8 Å². The second-order valence-electron chi connectivity index (χ2n) is 4.71. The van der Waals surface area contributed by atoms with Crippen molar-refractivity contribution in [3.05, 3.63) is 55.9 Å². The summed E-state index contributed by atoms with van der Waals surface area (Å²) in [6.45, 7) is 1.89. The number of aryl methyl sites for hydroxylation is 1. The van der Waals surface area contributed by atoms with Gasteiger partial charge in [0, 0.05) is 4.88 Å². The Kier molecular flexibility index (Phi) is 4.98. The van der Waals surface area contributed by atoms with Gasteiger partial charge < -0.3 is 19.4 Å². The van der Waals surface area contributed by atoms with E-state index in [4.69, 9.17) is 9.47 Å². The highest BCUT2D eigenvalue weighted by molar-refractivity contribution is 7.16. The third kappa shape index (κ3) is 4.13. The number of esters is 2. The zero-order chi connectivity index (χ0) is 18.0. The van der Waals surface area contributed by atoms with E-state index in [1.165, 1.54) is 35.6 Å². The van der Waals surface area contributed by atoms with Crippen molar-refractivity contribution in [2.24, 2.45) is 0 Å². The molecule has 0 spiro atoms. The molecule has 128 valence electrons. The highest BCUT2D eigenvalue weighted by atomic mass is 32.1. The van der Waals surface area contributed by atoms with Crippen LogP contribution in [0, 0.1) is 6.92 Å². The molecular formula is C16H9O6S3-. The van der Waals surface area contributed by atoms with E-state index in [0.717, 1.165) is 27.6 Å². The molecular weight excluding hydrogens is 384 g/mol. The van der Waals surface area contributed by atoms with Crippen LogP contribution in [0.25, 0.3) is 0 Å². The van der Waals surface area contributed by atoms with Crippen molar-refractivity contribution in [3.63, 3.8) is 0 Å². The molecule has 3 rings (SSSR count). The maximum atomic E-state index is 12.1. The zero-order valence-corrected chi connectivity index (χ0v) is 15.1. The molecule has 0 N–H and O–H groups in total. The van der Waals surface area contributed by atoms with Crippen molar-refractivity contribution in [1.82, 2.24) is 0 Å². The summed E-state index contributed by atoms with van der Waals surface area (Å²) in [5.74, 6) is -2.48. The number of hydrogen-bond acceptors (Lipinski definition) is 9. The van der Waals surface area contributed by atoms with E-state index in [9.17, 15) is 19.5 Å². The number of carboxylic acid groups (broad SMARTS) is 1. The maximum absolute atomic E-state index is 12.1. The SMILES string of the molecule is Cc1ccc(C(=O)Oc2ccc(C(=O)Oc3ccc(C(=O)[O-])s3)s2)s1. The number of carbonyl (C=O) groups excluding carboxylic acids is 3. The Bertz CT molecular complexity index is 949. The number of ether oxygens (including phenoxy) is 2. The van der Waals surface area contributed by atoms with Crippen LogP contribution in [0.15, 0.2) is 36.4 Å². The number of aromatic carboxylic acids is 1. The van der Waals surface area contributed by atoms with Crippen LogP contribution in [0.2, 0.25) is 0 Å². The van der Waals surface area contributed by atoms with Crippen LogP contribution < -0.4 is 14.6 Å². The highest BCUT2D eigenvalue weighted by Gasteiger charge is 2.17. The Morgan fingerprint density at radius 1 is 0.760 bits per heavy atom. The summed E-state index contributed by atoms with van der Waals surface area (Å²) in [5, 5.41) is 11.1. The lowest BCUT2D eigenvalue weighted by Gasteiger charge is -1.99. The molecule has 25 heavy (non-hydrogen) atoms. The summed E-state index contributed by atoms with van der Waals surface area (Å²) in [6, 6.07) is 9.15. The molecule has 0 fully saturated rings. The number of rotatable bonds is 5. The van der Waals surface area contributed by atoms with E-state index in [-0.39, 0.29) is 19.9 Å². The van der Waals surface area contributed by atoms with E-state index < -0.39 is 17.9 Å². The van der Waals surface area contributed by atoms with Gasteiger partial charge in [0.15, 0.2) is 10.1 Å². The van der Waals surface area contributed by atoms with Gasteiger partial charge in [0.2, 0.25) is 0 Å². The van der Waals surface area contributed by atoms with Crippen molar-refractivity contribution in [2.45, 2.75) is 6.92 Å². The van der Waals surface area contributed by atoms with Gasteiger partial charge in [-0.1, -0.05) is 22.7 Å². The second-order valence-corrected chi connectivity index (χ2v) is 8.09. The van der Waals surface area contributed by atoms with Crippen LogP contribution in [-0.4, -0.2) is 17.9 Å². The normalized spacial score (nSPS) is 10.4. The molecule has 3 heterocycles. The standard InChI is InChI=1S/C16H10O6S3/c1-8-2-3-10(23-8)15(19)22-13-7-5-11(25-13)16(20)21-12-6-4-9(24-12)14(17)18/h2-7H,1H3,(H,17,18)/p-1. The molecule has 0 saturated carbocycles. The minimum absolute atomic E-state index is 0.0326. The fourth-order valence-electron chi connectivity index (χ4n) is 1.80. The molecule has 9 heteroatoms. The Labute approximate surface area is 153 Å². The Morgan fingerprint density at radius 3 is 1.72 bits per heavy atom. The third-order valence-corrected chi connectivity index (χ3v) is 5.76. The van der Waals surface area contributed by atoms with Gasteiger partial charge in [0.1, 0.15) is 9.75 Å². The molecule has 0 radical (unpaired) electrons. The van der Waals surface area contributed by atoms with Crippen LogP contribution in [-0.2, 0) is 0 Å². The van der Waals surface area contributed by atoms with Gasteiger partial charge in [-0.25, -0.2) is 9.59 Å². The quantitative estimate of drug-likeness (QED) is 0.619. The Hall–Kier alpha value is -2.49. The van der Waals surface area contributed by atoms with Crippen molar-refractivity contribution in [1.29, 1.82) is 0 Å². The number of hydrogen-bond donors (Lipinski definition) is 0. The molecule has 3 aromatic rings. The van der Waals surface area contributed by atoms with Crippen LogP contribution in [0.3, 0.4) is 0 Å².